The Bertz CT molecular complexity index is 981. The van der Waals surface area contributed by atoms with Gasteiger partial charge in [-0.1, -0.05) is 12.1 Å². The minimum absolute atomic E-state index is 0.694. The van der Waals surface area contributed by atoms with Crippen molar-refractivity contribution in [2.45, 2.75) is 13.5 Å². The lowest BCUT2D eigenvalue weighted by Crippen LogP contribution is -2.04. The Kier molecular flexibility index (Phi) is 3.88. The number of hydrogen-bond donors (Lipinski definition) is 1. The third kappa shape index (κ3) is 2.83. The van der Waals surface area contributed by atoms with Crippen molar-refractivity contribution in [2.75, 3.05) is 5.32 Å². The highest BCUT2D eigenvalue weighted by molar-refractivity contribution is 7.09. The number of rotatable bonds is 4. The summed E-state index contributed by atoms with van der Waals surface area (Å²) >= 11 is 1.65. The molecule has 0 aliphatic carbocycles. The molecule has 4 rings (SSSR count). The predicted molar refractivity (Wildman–Crippen MR) is 96.9 cm³/mol. The summed E-state index contributed by atoms with van der Waals surface area (Å²) in [5.41, 5.74) is 4.79. The summed E-state index contributed by atoms with van der Waals surface area (Å²) in [6.07, 6.45) is 3.50. The molecule has 3 aromatic heterocycles. The minimum atomic E-state index is 0.694. The molecule has 0 fully saturated rings. The number of aromatic nitrogens is 4. The zero-order valence-corrected chi connectivity index (χ0v) is 13.9. The van der Waals surface area contributed by atoms with Crippen LogP contribution in [0.1, 0.15) is 10.6 Å². The molecule has 0 aliphatic rings. The molecule has 1 aromatic carbocycles. The average molecular weight is 333 g/mol. The Morgan fingerprint density at radius 1 is 1.04 bits per heavy atom. The van der Waals surface area contributed by atoms with Crippen molar-refractivity contribution >= 4 is 28.1 Å². The highest BCUT2D eigenvalue weighted by Crippen LogP contribution is 2.25. The van der Waals surface area contributed by atoms with Gasteiger partial charge in [0.05, 0.1) is 23.3 Å². The molecule has 0 aliphatic heterocycles. The summed E-state index contributed by atoms with van der Waals surface area (Å²) in [5.74, 6) is 1.53. The molecule has 0 amide bonds. The first kappa shape index (κ1) is 14.7. The second kappa shape index (κ2) is 6.33. The fourth-order valence-corrected chi connectivity index (χ4v) is 3.22. The summed E-state index contributed by atoms with van der Waals surface area (Å²) in [4.78, 5) is 19.0. The van der Waals surface area contributed by atoms with Gasteiger partial charge in [-0.25, -0.2) is 15.0 Å². The molecule has 0 unspecified atom stereocenters. The Hall–Kier alpha value is -2.86. The molecule has 1 N–H and O–H groups in total. The van der Waals surface area contributed by atoms with Crippen LogP contribution >= 0.6 is 11.3 Å². The highest BCUT2D eigenvalue weighted by atomic mass is 32.1. The number of nitrogens with one attached hydrogen (secondary N) is 1. The predicted octanol–water partition coefficient (Wildman–Crippen LogP) is 4.07. The number of para-hydroxylation sites is 1. The molecular weight excluding hydrogens is 318 g/mol. The molecule has 6 heteroatoms. The van der Waals surface area contributed by atoms with Crippen LogP contribution < -0.4 is 5.32 Å². The lowest BCUT2D eigenvalue weighted by atomic mass is 10.2. The first-order valence-electron chi connectivity index (χ1n) is 7.61. The summed E-state index contributed by atoms with van der Waals surface area (Å²) in [7, 11) is 0. The van der Waals surface area contributed by atoms with E-state index in [-0.39, 0.29) is 0 Å². The fraction of sp³-hybridized carbons (Fsp3) is 0.111. The van der Waals surface area contributed by atoms with E-state index in [1.165, 1.54) is 4.88 Å². The van der Waals surface area contributed by atoms with E-state index in [0.29, 0.717) is 12.4 Å². The highest BCUT2D eigenvalue weighted by Gasteiger charge is 2.10. The number of benzene rings is 1. The zero-order valence-electron chi connectivity index (χ0n) is 13.1. The number of nitrogens with zero attached hydrogens (tertiary/aromatic N) is 4. The number of aryl methyl sites for hydroxylation is 1. The van der Waals surface area contributed by atoms with E-state index in [2.05, 4.69) is 20.3 Å². The van der Waals surface area contributed by atoms with E-state index in [0.717, 1.165) is 28.0 Å². The van der Waals surface area contributed by atoms with Gasteiger partial charge in [0, 0.05) is 28.2 Å². The average Bonchev–Trinajstić information content (AvgIpc) is 3.05. The SMILES string of the molecule is Cc1ncsc1CNc1nc(-c2ccncc2)nc2ccccc12. The van der Waals surface area contributed by atoms with Gasteiger partial charge in [0.25, 0.3) is 0 Å². The Labute approximate surface area is 143 Å². The van der Waals surface area contributed by atoms with Crippen molar-refractivity contribution in [1.82, 2.24) is 19.9 Å². The molecule has 4 aromatic rings. The smallest absolute Gasteiger partial charge is 0.162 e. The van der Waals surface area contributed by atoms with E-state index >= 15 is 0 Å². The summed E-state index contributed by atoms with van der Waals surface area (Å²) in [6.45, 7) is 2.72. The van der Waals surface area contributed by atoms with Crippen molar-refractivity contribution in [1.29, 1.82) is 0 Å². The zero-order chi connectivity index (χ0) is 16.4. The van der Waals surface area contributed by atoms with Crippen molar-refractivity contribution in [2.24, 2.45) is 0 Å². The maximum absolute atomic E-state index is 4.73. The quantitative estimate of drug-likeness (QED) is 0.610. The lowest BCUT2D eigenvalue weighted by Gasteiger charge is -2.10. The lowest BCUT2D eigenvalue weighted by molar-refractivity contribution is 1.09. The molecule has 0 atom stereocenters. The molecule has 0 saturated heterocycles. The van der Waals surface area contributed by atoms with Crippen LogP contribution in [0, 0.1) is 6.92 Å². The summed E-state index contributed by atoms with van der Waals surface area (Å²) in [6, 6.07) is 11.9. The Morgan fingerprint density at radius 3 is 2.67 bits per heavy atom. The summed E-state index contributed by atoms with van der Waals surface area (Å²) < 4.78 is 0. The first-order valence-corrected chi connectivity index (χ1v) is 8.49. The molecule has 0 spiro atoms. The number of hydrogen-bond acceptors (Lipinski definition) is 6. The van der Waals surface area contributed by atoms with Gasteiger partial charge in [-0.2, -0.15) is 0 Å². The standard InChI is InChI=1S/C18H15N5S/c1-12-16(24-11-21-12)10-20-18-14-4-2-3-5-15(14)22-17(23-18)13-6-8-19-9-7-13/h2-9,11H,10H2,1H3,(H,20,22,23). The molecular formula is C18H15N5S. The number of pyridine rings is 1. The van der Waals surface area contributed by atoms with Gasteiger partial charge in [0.1, 0.15) is 5.82 Å². The largest absolute Gasteiger partial charge is 0.364 e. The van der Waals surface area contributed by atoms with E-state index < -0.39 is 0 Å². The molecule has 5 nitrogen and oxygen atoms in total. The molecule has 118 valence electrons. The topological polar surface area (TPSA) is 63.6 Å². The van der Waals surface area contributed by atoms with E-state index in [4.69, 9.17) is 4.98 Å². The van der Waals surface area contributed by atoms with E-state index in [1.54, 1.807) is 23.7 Å². The molecule has 0 bridgehead atoms. The normalized spacial score (nSPS) is 10.9. The van der Waals surface area contributed by atoms with Crippen LogP contribution in [0.15, 0.2) is 54.3 Å². The number of thiazole rings is 1. The molecule has 3 heterocycles. The van der Waals surface area contributed by atoms with Crippen LogP contribution in [0.5, 0.6) is 0 Å². The number of fused-ring (bicyclic) bond motifs is 1. The van der Waals surface area contributed by atoms with Gasteiger partial charge in [-0.05, 0) is 31.2 Å². The monoisotopic (exact) mass is 333 g/mol. The Balaban J connectivity index is 1.76. The second-order valence-corrected chi connectivity index (χ2v) is 6.30. The third-order valence-corrected chi connectivity index (χ3v) is 4.74. The first-order chi connectivity index (χ1) is 11.8. The van der Waals surface area contributed by atoms with Crippen LogP contribution in [-0.2, 0) is 6.54 Å². The number of anilines is 1. The van der Waals surface area contributed by atoms with Gasteiger partial charge < -0.3 is 5.32 Å². The summed E-state index contributed by atoms with van der Waals surface area (Å²) in [5, 5.41) is 4.46. The van der Waals surface area contributed by atoms with Gasteiger partial charge in [-0.15, -0.1) is 11.3 Å². The van der Waals surface area contributed by atoms with Crippen molar-refractivity contribution in [3.63, 3.8) is 0 Å². The maximum atomic E-state index is 4.73. The Morgan fingerprint density at radius 2 is 1.88 bits per heavy atom. The second-order valence-electron chi connectivity index (χ2n) is 5.36. The van der Waals surface area contributed by atoms with E-state index in [1.807, 2.05) is 48.8 Å². The van der Waals surface area contributed by atoms with Crippen LogP contribution in [0.2, 0.25) is 0 Å². The molecule has 0 radical (unpaired) electrons. The van der Waals surface area contributed by atoms with Gasteiger partial charge in [0.2, 0.25) is 0 Å². The van der Waals surface area contributed by atoms with Gasteiger partial charge in [0.15, 0.2) is 5.82 Å². The van der Waals surface area contributed by atoms with Gasteiger partial charge in [-0.3, -0.25) is 4.98 Å². The van der Waals surface area contributed by atoms with Crippen LogP contribution in [-0.4, -0.2) is 19.9 Å². The van der Waals surface area contributed by atoms with Crippen LogP contribution in [0.4, 0.5) is 5.82 Å². The molecule has 24 heavy (non-hydrogen) atoms. The van der Waals surface area contributed by atoms with Crippen molar-refractivity contribution < 1.29 is 0 Å². The van der Waals surface area contributed by atoms with Gasteiger partial charge >= 0.3 is 0 Å². The van der Waals surface area contributed by atoms with Crippen LogP contribution in [0.3, 0.4) is 0 Å². The van der Waals surface area contributed by atoms with Crippen LogP contribution in [0.25, 0.3) is 22.3 Å². The maximum Gasteiger partial charge on any atom is 0.162 e. The third-order valence-electron chi connectivity index (χ3n) is 3.80. The van der Waals surface area contributed by atoms with E-state index in [9.17, 15) is 0 Å². The van der Waals surface area contributed by atoms with Crippen molar-refractivity contribution in [3.8, 4) is 11.4 Å². The minimum Gasteiger partial charge on any atom is -0.364 e. The molecule has 0 saturated carbocycles. The van der Waals surface area contributed by atoms with Crippen molar-refractivity contribution in [3.05, 3.63) is 64.9 Å². The fourth-order valence-electron chi connectivity index (χ4n) is 2.50.